The number of hydrogen-bond donors (Lipinski definition) is 2. The predicted molar refractivity (Wildman–Crippen MR) is 175 cm³/mol. The van der Waals surface area contributed by atoms with Gasteiger partial charge in [-0.2, -0.15) is 0 Å². The minimum Gasteiger partial charge on any atom is -0.508 e. The molecule has 7 rings (SSSR count). The number of likely N-dealkylation sites (tertiary alicyclic amines) is 1. The molecule has 3 aromatic carbocycles. The lowest BCUT2D eigenvalue weighted by Gasteiger charge is -2.51. The average molecular weight is 677 g/mol. The van der Waals surface area contributed by atoms with Gasteiger partial charge in [0, 0.05) is 42.0 Å². The Kier molecular flexibility index (Phi) is 7.29. The molecule has 47 heavy (non-hydrogen) atoms. The summed E-state index contributed by atoms with van der Waals surface area (Å²) in [4.78, 5) is 54.1. The summed E-state index contributed by atoms with van der Waals surface area (Å²) in [6, 6.07) is 19.3. The number of phenols is 1. The Morgan fingerprint density at radius 3 is 2.09 bits per heavy atom. The minimum absolute atomic E-state index is 0.147. The first-order chi connectivity index (χ1) is 22.5. The van der Waals surface area contributed by atoms with Gasteiger partial charge in [0.25, 0.3) is 11.8 Å². The second-order valence-corrected chi connectivity index (χ2v) is 13.6. The summed E-state index contributed by atoms with van der Waals surface area (Å²) in [7, 11) is 4.11. The molecule has 1 saturated carbocycles. The Hall–Kier alpha value is -4.54. The number of phenolic OH excluding ortho intramolecular Hbond substituents is 1. The van der Waals surface area contributed by atoms with Crippen molar-refractivity contribution in [1.29, 1.82) is 0 Å². The van der Waals surface area contributed by atoms with Gasteiger partial charge >= 0.3 is 0 Å². The van der Waals surface area contributed by atoms with Crippen molar-refractivity contribution in [3.8, 4) is 17.2 Å². The van der Waals surface area contributed by atoms with Gasteiger partial charge in [-0.15, -0.1) is 23.2 Å². The number of carbonyl (C=O) groups is 4. The molecule has 0 bridgehead atoms. The molecule has 4 aliphatic rings. The number of anilines is 3. The molecule has 2 aliphatic carbocycles. The Balaban J connectivity index is 1.32. The number of imide groups is 2. The van der Waals surface area contributed by atoms with E-state index >= 15 is 0 Å². The third-order valence-corrected chi connectivity index (χ3v) is 11.4. The summed E-state index contributed by atoms with van der Waals surface area (Å²) in [6.45, 7) is 0. The number of carbonyl (C=O) groups excluding carboxylic acids is 4. The summed E-state index contributed by atoms with van der Waals surface area (Å²) in [6.07, 6.45) is 1.89. The SMILES string of the molecule is COc1cc(O)cc(OC)c1C1C2=CCC3C(=O)N(c4ccc(Nc5ccccc5)cc4)C(=O)C3C2CC2(Cl)C(=O)N(C)C(=O)C12Cl. The fraction of sp³-hybridized carbons (Fsp3) is 0.314. The Morgan fingerprint density at radius 2 is 1.47 bits per heavy atom. The molecule has 2 N–H and O–H groups in total. The van der Waals surface area contributed by atoms with Gasteiger partial charge in [0.2, 0.25) is 11.8 Å². The van der Waals surface area contributed by atoms with Crippen LogP contribution >= 0.6 is 23.2 Å². The van der Waals surface area contributed by atoms with E-state index in [-0.39, 0.29) is 36.0 Å². The third kappa shape index (κ3) is 4.30. The second-order valence-electron chi connectivity index (χ2n) is 12.3. The molecule has 10 nitrogen and oxygen atoms in total. The number of hydrogen-bond acceptors (Lipinski definition) is 8. The number of rotatable bonds is 6. The zero-order valence-electron chi connectivity index (χ0n) is 25.7. The van der Waals surface area contributed by atoms with Gasteiger partial charge in [-0.05, 0) is 55.2 Å². The molecule has 2 heterocycles. The molecule has 3 fully saturated rings. The van der Waals surface area contributed by atoms with Crippen molar-refractivity contribution in [3.63, 3.8) is 0 Å². The third-order valence-electron chi connectivity index (χ3n) is 10.0. The molecule has 4 amide bonds. The number of ether oxygens (including phenoxy) is 2. The lowest BCUT2D eigenvalue weighted by molar-refractivity contribution is -0.138. The topological polar surface area (TPSA) is 125 Å². The monoisotopic (exact) mass is 675 g/mol. The highest BCUT2D eigenvalue weighted by Crippen LogP contribution is 2.67. The van der Waals surface area contributed by atoms with E-state index in [4.69, 9.17) is 32.7 Å². The number of methoxy groups -OCH3 is 2. The van der Waals surface area contributed by atoms with Gasteiger partial charge in [-0.25, -0.2) is 0 Å². The molecule has 0 aromatic heterocycles. The van der Waals surface area contributed by atoms with Crippen LogP contribution in [0.2, 0.25) is 0 Å². The maximum Gasteiger partial charge on any atom is 0.253 e. The predicted octanol–water partition coefficient (Wildman–Crippen LogP) is 5.35. The molecule has 0 radical (unpaired) electrons. The van der Waals surface area contributed by atoms with E-state index in [2.05, 4.69) is 5.32 Å². The van der Waals surface area contributed by atoms with Crippen LogP contribution in [0.1, 0.15) is 24.3 Å². The summed E-state index contributed by atoms with van der Waals surface area (Å²) >= 11 is 14.6. The van der Waals surface area contributed by atoms with Gasteiger partial charge in [0.15, 0.2) is 9.75 Å². The van der Waals surface area contributed by atoms with Gasteiger partial charge in [-0.1, -0.05) is 29.8 Å². The van der Waals surface area contributed by atoms with E-state index in [1.54, 1.807) is 24.3 Å². The Morgan fingerprint density at radius 1 is 0.851 bits per heavy atom. The molecule has 2 saturated heterocycles. The standard InChI is InChI=1S/C35H31Cl2N3O7/c1-39-32(44)34(36)17-24-22(29(35(34,37)33(39)45)28-25(46-2)15-21(41)16-26(28)47-3)13-14-23-27(24)31(43)40(30(23)42)20-11-9-19(10-12-20)38-18-7-5-4-6-8-18/h4-13,15-16,23-24,27,29,38,41H,14,17H2,1-3H3. The smallest absolute Gasteiger partial charge is 0.253 e. The van der Waals surface area contributed by atoms with Crippen molar-refractivity contribution in [3.05, 3.63) is 83.9 Å². The number of aromatic hydroxyl groups is 1. The van der Waals surface area contributed by atoms with E-state index < -0.39 is 51.1 Å². The van der Waals surface area contributed by atoms with E-state index in [1.165, 1.54) is 38.3 Å². The molecule has 6 unspecified atom stereocenters. The van der Waals surface area contributed by atoms with Crippen LogP contribution in [0.15, 0.2) is 78.4 Å². The second kappa shape index (κ2) is 11.0. The van der Waals surface area contributed by atoms with Crippen molar-refractivity contribution < 1.29 is 33.8 Å². The number of alkyl halides is 2. The number of allylic oxidation sites excluding steroid dienone is 2. The van der Waals surface area contributed by atoms with Crippen LogP contribution in [-0.2, 0) is 19.2 Å². The fourth-order valence-electron chi connectivity index (χ4n) is 7.91. The highest BCUT2D eigenvalue weighted by atomic mass is 35.5. The Labute approximate surface area is 280 Å². The first-order valence-corrected chi connectivity index (χ1v) is 15.9. The number of amides is 4. The molecule has 2 aliphatic heterocycles. The summed E-state index contributed by atoms with van der Waals surface area (Å²) in [5, 5.41) is 13.7. The number of nitrogens with one attached hydrogen (secondary N) is 1. The molecule has 3 aromatic rings. The van der Waals surface area contributed by atoms with E-state index in [9.17, 15) is 24.3 Å². The quantitative estimate of drug-likeness (QED) is 0.204. The first kappa shape index (κ1) is 31.1. The summed E-state index contributed by atoms with van der Waals surface area (Å²) < 4.78 is 11.3. The largest absolute Gasteiger partial charge is 0.508 e. The number of para-hydroxylation sites is 1. The number of fused-ring (bicyclic) bond motifs is 4. The zero-order chi connectivity index (χ0) is 33.4. The zero-order valence-corrected chi connectivity index (χ0v) is 27.2. The maximum atomic E-state index is 14.3. The average Bonchev–Trinajstić information content (AvgIpc) is 3.40. The van der Waals surface area contributed by atoms with Crippen LogP contribution < -0.4 is 19.7 Å². The Bertz CT molecular complexity index is 1840. The summed E-state index contributed by atoms with van der Waals surface area (Å²) in [5.74, 6) is -5.43. The van der Waals surface area contributed by atoms with Gasteiger partial charge in [-0.3, -0.25) is 29.0 Å². The molecule has 0 spiro atoms. The van der Waals surface area contributed by atoms with Crippen LogP contribution in [0.3, 0.4) is 0 Å². The van der Waals surface area contributed by atoms with E-state index in [0.29, 0.717) is 16.8 Å². The lowest BCUT2D eigenvalue weighted by Crippen LogP contribution is -2.60. The normalized spacial score (nSPS) is 29.7. The lowest BCUT2D eigenvalue weighted by atomic mass is 9.56. The highest BCUT2D eigenvalue weighted by molar-refractivity contribution is 6.53. The maximum absolute atomic E-state index is 14.3. The van der Waals surface area contributed by atoms with Crippen LogP contribution in [0.5, 0.6) is 17.2 Å². The van der Waals surface area contributed by atoms with Crippen LogP contribution in [0.4, 0.5) is 17.1 Å². The number of benzene rings is 3. The minimum atomic E-state index is -2.03. The molecule has 6 atom stereocenters. The van der Waals surface area contributed by atoms with Crippen molar-refractivity contribution in [2.75, 3.05) is 31.5 Å². The number of nitrogens with zero attached hydrogens (tertiary/aromatic N) is 2. The highest BCUT2D eigenvalue weighted by Gasteiger charge is 2.76. The van der Waals surface area contributed by atoms with E-state index in [0.717, 1.165) is 16.3 Å². The van der Waals surface area contributed by atoms with Crippen molar-refractivity contribution in [2.45, 2.75) is 28.5 Å². The molecule has 242 valence electrons. The van der Waals surface area contributed by atoms with Gasteiger partial charge < -0.3 is 19.9 Å². The van der Waals surface area contributed by atoms with Crippen LogP contribution in [-0.4, -0.2) is 64.7 Å². The number of halogens is 2. The van der Waals surface area contributed by atoms with Gasteiger partial charge in [0.1, 0.15) is 17.2 Å². The molecular formula is C35H31Cl2N3O7. The molecular weight excluding hydrogens is 645 g/mol. The van der Waals surface area contributed by atoms with Crippen molar-refractivity contribution in [2.24, 2.45) is 17.8 Å². The van der Waals surface area contributed by atoms with Crippen molar-refractivity contribution >= 4 is 63.9 Å². The fourth-order valence-corrected chi connectivity index (χ4v) is 8.91. The van der Waals surface area contributed by atoms with Crippen LogP contribution in [0.25, 0.3) is 0 Å². The van der Waals surface area contributed by atoms with Crippen molar-refractivity contribution in [1.82, 2.24) is 4.90 Å². The first-order valence-electron chi connectivity index (χ1n) is 15.1. The van der Waals surface area contributed by atoms with E-state index in [1.807, 2.05) is 36.4 Å². The molecule has 12 heteroatoms. The summed E-state index contributed by atoms with van der Waals surface area (Å²) in [5.41, 5.74) is 2.98. The van der Waals surface area contributed by atoms with Gasteiger partial charge in [0.05, 0.1) is 31.7 Å². The van der Waals surface area contributed by atoms with Crippen LogP contribution in [0, 0.1) is 17.8 Å².